The Morgan fingerprint density at radius 1 is 1.42 bits per heavy atom. The van der Waals surface area contributed by atoms with Gasteiger partial charge in [0.2, 0.25) is 10.0 Å². The van der Waals surface area contributed by atoms with Crippen LogP contribution in [0.1, 0.15) is 27.2 Å². The Morgan fingerprint density at radius 2 is 2.00 bits per heavy atom. The van der Waals surface area contributed by atoms with Gasteiger partial charge in [-0.05, 0) is 40.9 Å². The van der Waals surface area contributed by atoms with E-state index in [0.717, 1.165) is 12.5 Å². The predicted molar refractivity (Wildman–Crippen MR) is 77.8 cm³/mol. The van der Waals surface area contributed by atoms with Gasteiger partial charge in [-0.3, -0.25) is 0 Å². The molecular formula is C12H18BrFN2O2S. The minimum absolute atomic E-state index is 0.0315. The standard InChI is InChI=1S/C12H18BrFN2O2S/c1-4-7(2)8(3)16-19(17,18)11-6-9(15)5-10(13)12(11)14/h5-8,16H,4,15H2,1-3H3. The fraction of sp³-hybridized carbons (Fsp3) is 0.500. The zero-order chi connectivity index (χ0) is 14.8. The lowest BCUT2D eigenvalue weighted by atomic mass is 10.0. The van der Waals surface area contributed by atoms with Crippen molar-refractivity contribution in [3.8, 4) is 0 Å². The Hall–Kier alpha value is -0.660. The molecular weight excluding hydrogens is 335 g/mol. The van der Waals surface area contributed by atoms with Crippen molar-refractivity contribution in [3.63, 3.8) is 0 Å². The summed E-state index contributed by atoms with van der Waals surface area (Å²) in [6.45, 7) is 5.65. The van der Waals surface area contributed by atoms with Crippen molar-refractivity contribution in [2.45, 2.75) is 38.1 Å². The van der Waals surface area contributed by atoms with Crippen molar-refractivity contribution in [2.75, 3.05) is 5.73 Å². The summed E-state index contributed by atoms with van der Waals surface area (Å²) in [6.07, 6.45) is 0.826. The van der Waals surface area contributed by atoms with Crippen LogP contribution >= 0.6 is 15.9 Å². The van der Waals surface area contributed by atoms with Crippen LogP contribution in [0.25, 0.3) is 0 Å². The monoisotopic (exact) mass is 352 g/mol. The van der Waals surface area contributed by atoms with E-state index in [9.17, 15) is 12.8 Å². The van der Waals surface area contributed by atoms with Crippen LogP contribution in [-0.4, -0.2) is 14.5 Å². The number of hydrogen-bond acceptors (Lipinski definition) is 3. The fourth-order valence-electron chi connectivity index (χ4n) is 1.56. The molecule has 0 spiro atoms. The van der Waals surface area contributed by atoms with E-state index in [-0.39, 0.29) is 22.1 Å². The van der Waals surface area contributed by atoms with Gasteiger partial charge < -0.3 is 5.73 Å². The number of nitrogens with two attached hydrogens (primary N) is 1. The Balaban J connectivity index is 3.14. The van der Waals surface area contributed by atoms with E-state index in [1.165, 1.54) is 6.07 Å². The first-order chi connectivity index (χ1) is 8.69. The molecule has 1 aromatic rings. The summed E-state index contributed by atoms with van der Waals surface area (Å²) < 4.78 is 40.7. The molecule has 0 radical (unpaired) electrons. The van der Waals surface area contributed by atoms with Crippen LogP contribution in [-0.2, 0) is 10.0 Å². The minimum Gasteiger partial charge on any atom is -0.399 e. The lowest BCUT2D eigenvalue weighted by molar-refractivity contribution is 0.432. The Kier molecular flexibility index (Phi) is 5.34. The van der Waals surface area contributed by atoms with Gasteiger partial charge in [-0.15, -0.1) is 0 Å². The maximum absolute atomic E-state index is 13.9. The zero-order valence-corrected chi connectivity index (χ0v) is 13.5. The molecule has 0 aliphatic rings. The highest BCUT2D eigenvalue weighted by atomic mass is 79.9. The highest BCUT2D eigenvalue weighted by Crippen LogP contribution is 2.26. The second-order valence-corrected chi connectivity index (χ2v) is 7.15. The molecule has 0 aliphatic heterocycles. The number of rotatable bonds is 5. The van der Waals surface area contributed by atoms with Gasteiger partial charge in [0.25, 0.3) is 0 Å². The van der Waals surface area contributed by atoms with Crippen molar-refractivity contribution >= 4 is 31.6 Å². The zero-order valence-electron chi connectivity index (χ0n) is 11.1. The van der Waals surface area contributed by atoms with Crippen molar-refractivity contribution < 1.29 is 12.8 Å². The van der Waals surface area contributed by atoms with Crippen LogP contribution in [0, 0.1) is 11.7 Å². The molecule has 3 N–H and O–H groups in total. The van der Waals surface area contributed by atoms with Crippen LogP contribution in [0.15, 0.2) is 21.5 Å². The minimum atomic E-state index is -3.93. The van der Waals surface area contributed by atoms with Crippen LogP contribution in [0.2, 0.25) is 0 Å². The second kappa shape index (κ2) is 6.19. The van der Waals surface area contributed by atoms with E-state index in [4.69, 9.17) is 5.73 Å². The summed E-state index contributed by atoms with van der Waals surface area (Å²) >= 11 is 2.95. The average molecular weight is 353 g/mol. The van der Waals surface area contributed by atoms with Crippen molar-refractivity contribution in [1.29, 1.82) is 0 Å². The molecule has 0 amide bonds. The summed E-state index contributed by atoms with van der Waals surface area (Å²) in [5.74, 6) is -0.680. The molecule has 7 heteroatoms. The van der Waals surface area contributed by atoms with Crippen LogP contribution in [0.3, 0.4) is 0 Å². The van der Waals surface area contributed by atoms with Crippen LogP contribution in [0.4, 0.5) is 10.1 Å². The summed E-state index contributed by atoms with van der Waals surface area (Å²) in [7, 11) is -3.93. The van der Waals surface area contributed by atoms with Crippen molar-refractivity contribution in [3.05, 3.63) is 22.4 Å². The highest BCUT2D eigenvalue weighted by molar-refractivity contribution is 9.10. The summed E-state index contributed by atoms with van der Waals surface area (Å²) in [5, 5.41) is 0. The third-order valence-corrected chi connectivity index (χ3v) is 5.28. The van der Waals surface area contributed by atoms with E-state index in [1.54, 1.807) is 6.92 Å². The van der Waals surface area contributed by atoms with Gasteiger partial charge in [-0.1, -0.05) is 20.3 Å². The molecule has 2 atom stereocenters. The van der Waals surface area contributed by atoms with E-state index in [2.05, 4.69) is 20.7 Å². The average Bonchev–Trinajstić information content (AvgIpc) is 2.31. The van der Waals surface area contributed by atoms with Crippen LogP contribution in [0.5, 0.6) is 0 Å². The van der Waals surface area contributed by atoms with Crippen molar-refractivity contribution in [1.82, 2.24) is 4.72 Å². The third-order valence-electron chi connectivity index (χ3n) is 3.15. The van der Waals surface area contributed by atoms with Gasteiger partial charge in [-0.25, -0.2) is 17.5 Å². The summed E-state index contributed by atoms with van der Waals surface area (Å²) in [6, 6.07) is 2.16. The van der Waals surface area contributed by atoms with Gasteiger partial charge >= 0.3 is 0 Å². The topological polar surface area (TPSA) is 72.2 Å². The molecule has 0 aromatic heterocycles. The Morgan fingerprint density at radius 3 is 2.53 bits per heavy atom. The molecule has 0 saturated carbocycles. The number of halogens is 2. The number of nitrogen functional groups attached to an aromatic ring is 1. The van der Waals surface area contributed by atoms with Gasteiger partial charge in [0.1, 0.15) is 4.90 Å². The first kappa shape index (κ1) is 16.4. The van der Waals surface area contributed by atoms with Crippen molar-refractivity contribution in [2.24, 2.45) is 5.92 Å². The van der Waals surface area contributed by atoms with Gasteiger partial charge in [-0.2, -0.15) is 0 Å². The summed E-state index contributed by atoms with van der Waals surface area (Å²) in [4.78, 5) is -0.436. The molecule has 1 rings (SSSR count). The maximum Gasteiger partial charge on any atom is 0.243 e. The number of sulfonamides is 1. The summed E-state index contributed by atoms with van der Waals surface area (Å²) in [5.41, 5.74) is 5.74. The molecule has 19 heavy (non-hydrogen) atoms. The quantitative estimate of drug-likeness (QED) is 0.800. The highest BCUT2D eigenvalue weighted by Gasteiger charge is 2.25. The number of hydrogen-bond donors (Lipinski definition) is 2. The van der Waals surface area contributed by atoms with Gasteiger partial charge in [0, 0.05) is 11.7 Å². The molecule has 0 aliphatic carbocycles. The first-order valence-electron chi connectivity index (χ1n) is 5.95. The van der Waals surface area contributed by atoms with E-state index in [1.807, 2.05) is 13.8 Å². The van der Waals surface area contributed by atoms with Gasteiger partial charge in [0.15, 0.2) is 5.82 Å². The fourth-order valence-corrected chi connectivity index (χ4v) is 3.65. The molecule has 0 saturated heterocycles. The number of nitrogens with one attached hydrogen (secondary N) is 1. The molecule has 0 fully saturated rings. The molecule has 108 valence electrons. The third kappa shape index (κ3) is 3.90. The number of benzene rings is 1. The SMILES string of the molecule is CCC(C)C(C)NS(=O)(=O)c1cc(N)cc(Br)c1F. The molecule has 0 heterocycles. The van der Waals surface area contributed by atoms with E-state index in [0.29, 0.717) is 0 Å². The molecule has 4 nitrogen and oxygen atoms in total. The molecule has 0 bridgehead atoms. The lowest BCUT2D eigenvalue weighted by Crippen LogP contribution is -2.37. The van der Waals surface area contributed by atoms with E-state index < -0.39 is 20.7 Å². The number of anilines is 1. The smallest absolute Gasteiger partial charge is 0.243 e. The van der Waals surface area contributed by atoms with Crippen LogP contribution < -0.4 is 10.5 Å². The maximum atomic E-state index is 13.9. The lowest BCUT2D eigenvalue weighted by Gasteiger charge is -2.20. The Bertz CT molecular complexity index is 563. The largest absolute Gasteiger partial charge is 0.399 e. The van der Waals surface area contributed by atoms with E-state index >= 15 is 0 Å². The normalized spacial score (nSPS) is 15.2. The first-order valence-corrected chi connectivity index (χ1v) is 8.23. The predicted octanol–water partition coefficient (Wildman–Crippen LogP) is 2.88. The second-order valence-electron chi connectivity index (χ2n) is 4.61. The molecule has 1 aromatic carbocycles. The van der Waals surface area contributed by atoms with Gasteiger partial charge in [0.05, 0.1) is 4.47 Å². The molecule has 2 unspecified atom stereocenters. The Labute approximate surface area is 121 Å².